The molecule has 0 aliphatic carbocycles. The fourth-order valence-corrected chi connectivity index (χ4v) is 2.25. The highest BCUT2D eigenvalue weighted by Crippen LogP contribution is 2.02. The molecule has 0 aliphatic rings. The van der Waals surface area contributed by atoms with Gasteiger partial charge in [0, 0.05) is 20.3 Å². The lowest BCUT2D eigenvalue weighted by molar-refractivity contribution is 0.229. The lowest BCUT2D eigenvalue weighted by Gasteiger charge is -2.26. The van der Waals surface area contributed by atoms with E-state index in [0.29, 0.717) is 6.04 Å². The minimum Gasteiger partial charge on any atom is -0.386 e. The summed E-state index contributed by atoms with van der Waals surface area (Å²) in [6.07, 6.45) is 1.09. The Morgan fingerprint density at radius 2 is 1.82 bits per heavy atom. The number of nitrogens with one attached hydrogen (secondary N) is 1. The van der Waals surface area contributed by atoms with Gasteiger partial charge in [-0.1, -0.05) is 13.8 Å². The van der Waals surface area contributed by atoms with Crippen molar-refractivity contribution in [1.29, 1.82) is 0 Å². The highest BCUT2D eigenvalue weighted by atomic mass is 28.4. The highest BCUT2D eigenvalue weighted by Gasteiger charge is 2.30. The van der Waals surface area contributed by atoms with E-state index in [2.05, 4.69) is 18.8 Å². The summed E-state index contributed by atoms with van der Waals surface area (Å²) in [6.45, 7) is 6.26. The molecule has 0 saturated carbocycles. The van der Waals surface area contributed by atoms with Gasteiger partial charge in [0.25, 0.3) is 0 Å². The first-order chi connectivity index (χ1) is 5.08. The van der Waals surface area contributed by atoms with E-state index < -0.39 is 8.72 Å². The van der Waals surface area contributed by atoms with Crippen LogP contribution in [-0.2, 0) is 8.85 Å². The Morgan fingerprint density at radius 1 is 1.36 bits per heavy atom. The van der Waals surface area contributed by atoms with E-state index in [-0.39, 0.29) is 0 Å². The van der Waals surface area contributed by atoms with Gasteiger partial charge in [0.05, 0.1) is 0 Å². The normalized spacial score (nSPS) is 15.0. The third-order valence-electron chi connectivity index (χ3n) is 1.90. The molecule has 11 heavy (non-hydrogen) atoms. The monoisotopic (exact) mass is 177 g/mol. The average Bonchev–Trinajstić information content (AvgIpc) is 2.04. The maximum absolute atomic E-state index is 5.26. The molecule has 0 fully saturated rings. The van der Waals surface area contributed by atoms with Crippen molar-refractivity contribution in [1.82, 2.24) is 4.98 Å². The topological polar surface area (TPSA) is 30.5 Å². The average molecular weight is 177 g/mol. The molecule has 0 heterocycles. The molecule has 0 saturated heterocycles. The van der Waals surface area contributed by atoms with Gasteiger partial charge in [-0.25, -0.2) is 0 Å². The maximum atomic E-state index is 5.26. The second-order valence-corrected chi connectivity index (χ2v) is 5.80. The Hall–Kier alpha value is 0.0969. The van der Waals surface area contributed by atoms with Crippen molar-refractivity contribution in [3.8, 4) is 0 Å². The summed E-state index contributed by atoms with van der Waals surface area (Å²) in [6, 6.07) is 0.464. The minimum atomic E-state index is -2.03. The molecule has 1 atom stereocenters. The van der Waals surface area contributed by atoms with Crippen molar-refractivity contribution >= 4 is 8.72 Å². The molecule has 0 aromatic carbocycles. The first-order valence-corrected chi connectivity index (χ1v) is 6.27. The van der Waals surface area contributed by atoms with Crippen molar-refractivity contribution in [2.75, 3.05) is 14.2 Å². The Balaban J connectivity index is 3.86. The first kappa shape index (κ1) is 11.1. The van der Waals surface area contributed by atoms with Crippen LogP contribution >= 0.6 is 0 Å². The summed E-state index contributed by atoms with van der Waals surface area (Å²) in [7, 11) is 1.34. The van der Waals surface area contributed by atoms with Crippen LogP contribution in [0, 0.1) is 0 Å². The van der Waals surface area contributed by atoms with Gasteiger partial charge in [0.1, 0.15) is 0 Å². The van der Waals surface area contributed by atoms with E-state index in [1.54, 1.807) is 14.2 Å². The van der Waals surface area contributed by atoms with E-state index in [1.165, 1.54) is 0 Å². The molecule has 1 unspecified atom stereocenters. The summed E-state index contributed by atoms with van der Waals surface area (Å²) in [5, 5.41) is 0. The summed E-state index contributed by atoms with van der Waals surface area (Å²) in [4.78, 5) is 3.34. The summed E-state index contributed by atoms with van der Waals surface area (Å²) >= 11 is 0. The number of hydrogen-bond donors (Lipinski definition) is 1. The second-order valence-electron chi connectivity index (χ2n) is 2.81. The molecule has 4 heteroatoms. The SMILES string of the molecule is CCC(C)N[Si](C)(OC)OC. The Labute approximate surface area is 70.4 Å². The highest BCUT2D eigenvalue weighted by molar-refractivity contribution is 6.63. The predicted molar refractivity (Wildman–Crippen MR) is 48.5 cm³/mol. The second kappa shape index (κ2) is 4.87. The van der Waals surface area contributed by atoms with E-state index in [0.717, 1.165) is 6.42 Å². The van der Waals surface area contributed by atoms with Gasteiger partial charge in [0.15, 0.2) is 0 Å². The molecule has 0 aromatic rings. The largest absolute Gasteiger partial charge is 0.421 e. The fraction of sp³-hybridized carbons (Fsp3) is 1.00. The maximum Gasteiger partial charge on any atom is 0.421 e. The molecule has 0 radical (unpaired) electrons. The third-order valence-corrected chi connectivity index (χ3v) is 4.48. The summed E-state index contributed by atoms with van der Waals surface area (Å²) in [5.74, 6) is 0. The van der Waals surface area contributed by atoms with E-state index >= 15 is 0 Å². The Morgan fingerprint density at radius 3 is 2.09 bits per heavy atom. The van der Waals surface area contributed by atoms with Crippen LogP contribution in [0.15, 0.2) is 0 Å². The van der Waals surface area contributed by atoms with Gasteiger partial charge < -0.3 is 8.85 Å². The lowest BCUT2D eigenvalue weighted by Crippen LogP contribution is -2.55. The van der Waals surface area contributed by atoms with Crippen LogP contribution in [-0.4, -0.2) is 29.0 Å². The van der Waals surface area contributed by atoms with Gasteiger partial charge >= 0.3 is 8.72 Å². The van der Waals surface area contributed by atoms with Crippen LogP contribution in [0.25, 0.3) is 0 Å². The fourth-order valence-electron chi connectivity index (χ4n) is 0.751. The van der Waals surface area contributed by atoms with Gasteiger partial charge in [-0.3, -0.25) is 4.98 Å². The van der Waals surface area contributed by atoms with E-state index in [1.807, 2.05) is 6.55 Å². The van der Waals surface area contributed by atoms with E-state index in [4.69, 9.17) is 8.85 Å². The molecule has 0 amide bonds. The lowest BCUT2D eigenvalue weighted by atomic mass is 10.3. The van der Waals surface area contributed by atoms with Crippen molar-refractivity contribution < 1.29 is 8.85 Å². The number of hydrogen-bond acceptors (Lipinski definition) is 3. The van der Waals surface area contributed by atoms with Crippen LogP contribution < -0.4 is 4.98 Å². The van der Waals surface area contributed by atoms with Gasteiger partial charge in [-0.05, 0) is 13.0 Å². The molecule has 0 aliphatic heterocycles. The van der Waals surface area contributed by atoms with Crippen LogP contribution in [0.2, 0.25) is 6.55 Å². The predicted octanol–water partition coefficient (Wildman–Crippen LogP) is 1.24. The molecule has 0 bridgehead atoms. The van der Waals surface area contributed by atoms with Crippen molar-refractivity contribution in [3.63, 3.8) is 0 Å². The summed E-state index contributed by atoms with van der Waals surface area (Å²) < 4.78 is 10.5. The molecule has 0 rings (SSSR count). The zero-order chi connectivity index (χ0) is 8.91. The van der Waals surface area contributed by atoms with Crippen molar-refractivity contribution in [2.24, 2.45) is 0 Å². The standard InChI is InChI=1S/C7H19NO2Si/c1-6-7(2)8-11(5,9-3)10-4/h7-8H,6H2,1-5H3. The zero-order valence-electron chi connectivity index (χ0n) is 8.10. The molecular formula is C7H19NO2Si. The smallest absolute Gasteiger partial charge is 0.386 e. The molecule has 1 N–H and O–H groups in total. The zero-order valence-corrected chi connectivity index (χ0v) is 9.10. The van der Waals surface area contributed by atoms with Crippen LogP contribution in [0.1, 0.15) is 20.3 Å². The minimum absolute atomic E-state index is 0.464. The summed E-state index contributed by atoms with van der Waals surface area (Å²) in [5.41, 5.74) is 0. The van der Waals surface area contributed by atoms with Crippen LogP contribution in [0.4, 0.5) is 0 Å². The molecule has 68 valence electrons. The van der Waals surface area contributed by atoms with Gasteiger partial charge in [-0.15, -0.1) is 0 Å². The van der Waals surface area contributed by atoms with Gasteiger partial charge in [0.2, 0.25) is 0 Å². The van der Waals surface area contributed by atoms with Crippen LogP contribution in [0.5, 0.6) is 0 Å². The van der Waals surface area contributed by atoms with E-state index in [9.17, 15) is 0 Å². The Bertz CT molecular complexity index is 107. The quantitative estimate of drug-likeness (QED) is 0.641. The third kappa shape index (κ3) is 3.86. The number of rotatable bonds is 5. The van der Waals surface area contributed by atoms with Crippen LogP contribution in [0.3, 0.4) is 0 Å². The van der Waals surface area contributed by atoms with Crippen molar-refractivity contribution in [3.05, 3.63) is 0 Å². The van der Waals surface area contributed by atoms with Gasteiger partial charge in [-0.2, -0.15) is 0 Å². The molecule has 3 nitrogen and oxygen atoms in total. The first-order valence-electron chi connectivity index (χ1n) is 3.96. The Kier molecular flexibility index (Phi) is 4.91. The molecular weight excluding hydrogens is 158 g/mol. The van der Waals surface area contributed by atoms with Crippen molar-refractivity contribution in [2.45, 2.75) is 32.9 Å². The molecule has 0 spiro atoms. The molecule has 0 aromatic heterocycles.